The fourth-order valence-electron chi connectivity index (χ4n) is 2.75. The van der Waals surface area contributed by atoms with E-state index in [1.165, 1.54) is 26.4 Å². The van der Waals surface area contributed by atoms with E-state index in [4.69, 9.17) is 34.6 Å². The average molecular weight is 395 g/mol. The maximum absolute atomic E-state index is 11.7. The van der Waals surface area contributed by atoms with E-state index in [9.17, 15) is 9.59 Å². The summed E-state index contributed by atoms with van der Waals surface area (Å²) >= 11 is 6.34. The van der Waals surface area contributed by atoms with Crippen molar-refractivity contribution in [1.29, 1.82) is 0 Å². The first-order valence-corrected chi connectivity index (χ1v) is 8.60. The van der Waals surface area contributed by atoms with E-state index in [-0.39, 0.29) is 12.2 Å². The first-order chi connectivity index (χ1) is 12.7. The number of alkyl halides is 1. The lowest BCUT2D eigenvalue weighted by atomic mass is 10.1. The van der Waals surface area contributed by atoms with Crippen molar-refractivity contribution >= 4 is 39.5 Å². The van der Waals surface area contributed by atoms with Gasteiger partial charge in [-0.1, -0.05) is 0 Å². The van der Waals surface area contributed by atoms with Gasteiger partial charge in [0.25, 0.3) is 0 Å². The van der Waals surface area contributed by atoms with Gasteiger partial charge in [-0.3, -0.25) is 4.79 Å². The van der Waals surface area contributed by atoms with E-state index >= 15 is 0 Å². The Hall–Kier alpha value is -2.67. The Morgan fingerprint density at radius 3 is 2.52 bits per heavy atom. The standard InChI is InChI=1S/C19H19ClO7/c1-10(21)26-13(19(2,3)20)9-25-15-11-5-6-14(22)27-17(11)18(23-4)16-12(15)7-8-24-16/h5-8,13H,9H2,1-4H3. The molecule has 2 aromatic heterocycles. The summed E-state index contributed by atoms with van der Waals surface area (Å²) in [5.41, 5.74) is 0.0532. The first kappa shape index (κ1) is 19.1. The molecule has 27 heavy (non-hydrogen) atoms. The Kier molecular flexibility index (Phi) is 5.06. The number of rotatable bonds is 6. The third kappa shape index (κ3) is 3.73. The largest absolute Gasteiger partial charge is 0.490 e. The van der Waals surface area contributed by atoms with Crippen LogP contribution in [0.15, 0.2) is 38.1 Å². The van der Waals surface area contributed by atoms with Gasteiger partial charge in [-0.15, -0.1) is 11.6 Å². The number of ether oxygens (including phenoxy) is 3. The average Bonchev–Trinajstić information content (AvgIpc) is 3.05. The molecule has 0 N–H and O–H groups in total. The van der Waals surface area contributed by atoms with Crippen molar-refractivity contribution in [1.82, 2.24) is 0 Å². The van der Waals surface area contributed by atoms with Crippen LogP contribution in [0.4, 0.5) is 0 Å². The van der Waals surface area contributed by atoms with Crippen LogP contribution in [-0.2, 0) is 9.53 Å². The fraction of sp³-hybridized carbons (Fsp3) is 0.368. The minimum Gasteiger partial charge on any atom is -0.490 e. The number of fused-ring (bicyclic) bond motifs is 2. The van der Waals surface area contributed by atoms with Crippen molar-refractivity contribution in [3.05, 3.63) is 34.9 Å². The third-order valence-corrected chi connectivity index (χ3v) is 4.30. The van der Waals surface area contributed by atoms with Crippen molar-refractivity contribution in [2.75, 3.05) is 13.7 Å². The maximum atomic E-state index is 11.7. The molecule has 8 heteroatoms. The zero-order valence-electron chi connectivity index (χ0n) is 15.3. The number of hydrogen-bond donors (Lipinski definition) is 0. The van der Waals surface area contributed by atoms with E-state index in [0.717, 1.165) is 0 Å². The second kappa shape index (κ2) is 7.15. The topological polar surface area (TPSA) is 88.1 Å². The molecule has 0 amide bonds. The molecule has 0 radical (unpaired) electrons. The molecule has 3 rings (SSSR count). The van der Waals surface area contributed by atoms with Gasteiger partial charge < -0.3 is 23.0 Å². The number of hydrogen-bond acceptors (Lipinski definition) is 7. The van der Waals surface area contributed by atoms with Crippen LogP contribution in [0.5, 0.6) is 11.5 Å². The number of methoxy groups -OCH3 is 1. The highest BCUT2D eigenvalue weighted by atomic mass is 35.5. The van der Waals surface area contributed by atoms with Crippen molar-refractivity contribution in [3.63, 3.8) is 0 Å². The van der Waals surface area contributed by atoms with Crippen LogP contribution in [0, 0.1) is 0 Å². The van der Waals surface area contributed by atoms with Crippen molar-refractivity contribution in [2.24, 2.45) is 0 Å². The summed E-state index contributed by atoms with van der Waals surface area (Å²) in [6.07, 6.45) is 0.776. The van der Waals surface area contributed by atoms with E-state index in [1.807, 2.05) is 0 Å². The summed E-state index contributed by atoms with van der Waals surface area (Å²) in [5, 5.41) is 1.15. The summed E-state index contributed by atoms with van der Waals surface area (Å²) < 4.78 is 27.4. The van der Waals surface area contributed by atoms with Crippen molar-refractivity contribution in [2.45, 2.75) is 31.7 Å². The van der Waals surface area contributed by atoms with E-state index in [1.54, 1.807) is 26.0 Å². The lowest BCUT2D eigenvalue weighted by Crippen LogP contribution is -2.39. The van der Waals surface area contributed by atoms with Crippen molar-refractivity contribution < 1.29 is 27.8 Å². The fourth-order valence-corrected chi connectivity index (χ4v) is 2.86. The second-order valence-corrected chi connectivity index (χ2v) is 7.47. The summed E-state index contributed by atoms with van der Waals surface area (Å²) in [4.78, 5) is 22.2. The number of esters is 1. The quantitative estimate of drug-likeness (QED) is 0.356. The van der Waals surface area contributed by atoms with Crippen LogP contribution in [0.25, 0.3) is 21.9 Å². The van der Waals surface area contributed by atoms with Gasteiger partial charge in [0.05, 0.1) is 29.0 Å². The SMILES string of the molecule is COc1c2occc2c(OCC(OC(C)=O)C(C)(C)Cl)c2ccc(=O)oc12. The van der Waals surface area contributed by atoms with Crippen LogP contribution < -0.4 is 15.1 Å². The number of carbonyl (C=O) groups excluding carboxylic acids is 1. The van der Waals surface area contributed by atoms with Gasteiger partial charge >= 0.3 is 11.6 Å². The molecule has 0 saturated carbocycles. The predicted molar refractivity (Wildman–Crippen MR) is 99.8 cm³/mol. The molecule has 0 aliphatic rings. The normalized spacial score (nSPS) is 12.9. The van der Waals surface area contributed by atoms with Gasteiger partial charge in [0.15, 0.2) is 17.3 Å². The molecular weight excluding hydrogens is 376 g/mol. The summed E-state index contributed by atoms with van der Waals surface area (Å²) in [7, 11) is 1.46. The highest BCUT2D eigenvalue weighted by Crippen LogP contribution is 2.42. The molecule has 0 saturated heterocycles. The Labute approximate surface area is 159 Å². The highest BCUT2D eigenvalue weighted by Gasteiger charge is 2.31. The van der Waals surface area contributed by atoms with Gasteiger partial charge in [-0.05, 0) is 26.0 Å². The van der Waals surface area contributed by atoms with Crippen LogP contribution in [0.1, 0.15) is 20.8 Å². The molecule has 2 heterocycles. The van der Waals surface area contributed by atoms with Crippen molar-refractivity contribution in [3.8, 4) is 11.5 Å². The Morgan fingerprint density at radius 1 is 1.19 bits per heavy atom. The van der Waals surface area contributed by atoms with Crippen LogP contribution in [0.2, 0.25) is 0 Å². The number of carbonyl (C=O) groups is 1. The van der Waals surface area contributed by atoms with Gasteiger partial charge in [-0.25, -0.2) is 4.79 Å². The predicted octanol–water partition coefficient (Wildman–Crippen LogP) is 3.88. The van der Waals surface area contributed by atoms with E-state index in [0.29, 0.717) is 27.9 Å². The van der Waals surface area contributed by atoms with Gasteiger partial charge in [0, 0.05) is 13.0 Å². The molecule has 3 aromatic rings. The molecule has 0 bridgehead atoms. The molecule has 144 valence electrons. The van der Waals surface area contributed by atoms with Crippen LogP contribution in [0.3, 0.4) is 0 Å². The maximum Gasteiger partial charge on any atom is 0.336 e. The van der Waals surface area contributed by atoms with E-state index in [2.05, 4.69) is 0 Å². The number of furan rings is 1. The minimum atomic E-state index is -0.851. The first-order valence-electron chi connectivity index (χ1n) is 8.22. The Morgan fingerprint density at radius 2 is 1.89 bits per heavy atom. The summed E-state index contributed by atoms with van der Waals surface area (Å²) in [6.45, 7) is 4.76. The Balaban J connectivity index is 2.11. The molecular formula is C19H19ClO7. The minimum absolute atomic E-state index is 0.00306. The number of halogens is 1. The van der Waals surface area contributed by atoms with Gasteiger partial charge in [0.1, 0.15) is 12.4 Å². The molecule has 0 aliphatic heterocycles. The monoisotopic (exact) mass is 394 g/mol. The molecule has 7 nitrogen and oxygen atoms in total. The molecule has 0 spiro atoms. The van der Waals surface area contributed by atoms with Gasteiger partial charge in [-0.2, -0.15) is 0 Å². The highest BCUT2D eigenvalue weighted by molar-refractivity contribution is 6.24. The molecule has 1 aromatic carbocycles. The molecule has 1 atom stereocenters. The summed E-state index contributed by atoms with van der Waals surface area (Å²) in [5.74, 6) is 0.247. The zero-order chi connectivity index (χ0) is 19.8. The summed E-state index contributed by atoms with van der Waals surface area (Å²) in [6, 6.07) is 4.58. The molecule has 1 unspecified atom stereocenters. The second-order valence-electron chi connectivity index (χ2n) is 6.50. The van der Waals surface area contributed by atoms with Gasteiger partial charge in [0.2, 0.25) is 5.75 Å². The third-order valence-electron chi connectivity index (χ3n) is 4.06. The molecule has 0 fully saturated rings. The lowest BCUT2D eigenvalue weighted by molar-refractivity contribution is -0.149. The smallest absolute Gasteiger partial charge is 0.336 e. The lowest BCUT2D eigenvalue weighted by Gasteiger charge is -2.28. The van der Waals surface area contributed by atoms with E-state index < -0.39 is 22.6 Å². The Bertz CT molecular complexity index is 1040. The van der Waals surface area contributed by atoms with Crippen LogP contribution >= 0.6 is 11.6 Å². The van der Waals surface area contributed by atoms with Crippen LogP contribution in [-0.4, -0.2) is 30.7 Å². The molecule has 0 aliphatic carbocycles. The zero-order valence-corrected chi connectivity index (χ0v) is 16.1. The number of benzene rings is 1.